The fraction of sp³-hybridized carbons (Fsp3) is 0.316. The van der Waals surface area contributed by atoms with Gasteiger partial charge in [0.15, 0.2) is 6.10 Å². The molecule has 0 fully saturated rings. The van der Waals surface area contributed by atoms with E-state index in [2.05, 4.69) is 0 Å². The quantitative estimate of drug-likeness (QED) is 0.714. The third kappa shape index (κ3) is 5.72. The molecule has 0 radical (unpaired) electrons. The first-order chi connectivity index (χ1) is 11.9. The lowest BCUT2D eigenvalue weighted by Gasteiger charge is -2.16. The summed E-state index contributed by atoms with van der Waals surface area (Å²) in [5.74, 6) is -0.635. The van der Waals surface area contributed by atoms with Crippen molar-refractivity contribution in [2.75, 3.05) is 6.61 Å². The van der Waals surface area contributed by atoms with Crippen LogP contribution in [0.2, 0.25) is 10.0 Å². The highest BCUT2D eigenvalue weighted by Crippen LogP contribution is 2.30. The van der Waals surface area contributed by atoms with Crippen LogP contribution in [0.1, 0.15) is 18.9 Å². The minimum atomic E-state index is -1.19. The Morgan fingerprint density at radius 2 is 1.88 bits per heavy atom. The topological polar surface area (TPSA) is 72.5 Å². The van der Waals surface area contributed by atoms with Gasteiger partial charge in [0.1, 0.15) is 0 Å². The predicted molar refractivity (Wildman–Crippen MR) is 101 cm³/mol. The van der Waals surface area contributed by atoms with Crippen LogP contribution >= 0.6 is 23.2 Å². The van der Waals surface area contributed by atoms with Crippen LogP contribution in [0.15, 0.2) is 42.5 Å². The number of esters is 1. The minimum absolute atomic E-state index is 0.153. The van der Waals surface area contributed by atoms with Gasteiger partial charge in [0.2, 0.25) is 0 Å². The molecule has 2 atom stereocenters. The molecule has 0 aliphatic heterocycles. The number of hydrogen-bond donors (Lipinski definition) is 2. The van der Waals surface area contributed by atoms with E-state index in [1.165, 1.54) is 0 Å². The monoisotopic (exact) mass is 381 g/mol. The van der Waals surface area contributed by atoms with Crippen LogP contribution in [0.5, 0.6) is 0 Å². The number of benzene rings is 2. The number of aliphatic hydroxyl groups excluding tert-OH is 1. The van der Waals surface area contributed by atoms with Gasteiger partial charge in [0.05, 0.1) is 6.61 Å². The number of rotatable bonds is 7. The van der Waals surface area contributed by atoms with Crippen molar-refractivity contribution in [3.05, 3.63) is 58.1 Å². The van der Waals surface area contributed by atoms with Gasteiger partial charge in [-0.2, -0.15) is 0 Å². The summed E-state index contributed by atoms with van der Waals surface area (Å²) in [4.78, 5) is 11.4. The Morgan fingerprint density at radius 1 is 1.20 bits per heavy atom. The Kier molecular flexibility index (Phi) is 7.26. The van der Waals surface area contributed by atoms with Crippen molar-refractivity contribution < 1.29 is 14.6 Å². The SMILES string of the molecule is CCOC(=O)[C@H](O)CC(N)Cc1ccc(-c2cc(Cl)ccc2Cl)cc1. The molecule has 0 amide bonds. The highest BCUT2D eigenvalue weighted by Gasteiger charge is 2.19. The fourth-order valence-electron chi connectivity index (χ4n) is 2.55. The van der Waals surface area contributed by atoms with E-state index in [1.54, 1.807) is 19.1 Å². The van der Waals surface area contributed by atoms with E-state index in [0.717, 1.165) is 16.7 Å². The van der Waals surface area contributed by atoms with Crippen LogP contribution in [-0.4, -0.2) is 29.8 Å². The molecule has 2 aromatic carbocycles. The maximum Gasteiger partial charge on any atom is 0.335 e. The van der Waals surface area contributed by atoms with Crippen molar-refractivity contribution in [2.45, 2.75) is 31.9 Å². The van der Waals surface area contributed by atoms with Crippen LogP contribution in [0, 0.1) is 0 Å². The summed E-state index contributed by atoms with van der Waals surface area (Å²) in [5.41, 5.74) is 8.85. The zero-order valence-electron chi connectivity index (χ0n) is 13.9. The first-order valence-electron chi connectivity index (χ1n) is 8.05. The first kappa shape index (κ1) is 19.7. The van der Waals surface area contributed by atoms with Crippen molar-refractivity contribution in [1.29, 1.82) is 0 Å². The zero-order valence-corrected chi connectivity index (χ0v) is 15.4. The summed E-state index contributed by atoms with van der Waals surface area (Å²) in [6.45, 7) is 1.93. The number of hydrogen-bond acceptors (Lipinski definition) is 4. The van der Waals surface area contributed by atoms with Gasteiger partial charge in [-0.3, -0.25) is 0 Å². The van der Waals surface area contributed by atoms with Gasteiger partial charge in [-0.05, 0) is 49.1 Å². The largest absolute Gasteiger partial charge is 0.464 e. The predicted octanol–water partition coefficient (Wildman–Crippen LogP) is 3.84. The summed E-state index contributed by atoms with van der Waals surface area (Å²) in [6.07, 6.45) is -0.500. The molecule has 1 unspecified atom stereocenters. The van der Waals surface area contributed by atoms with E-state index in [1.807, 2.05) is 30.3 Å². The Bertz CT molecular complexity index is 719. The summed E-state index contributed by atoms with van der Waals surface area (Å²) >= 11 is 12.2. The fourth-order valence-corrected chi connectivity index (χ4v) is 2.95. The standard InChI is InChI=1S/C19H21Cl2NO3/c1-2-25-19(24)18(23)11-15(22)9-12-3-5-13(6-4-12)16-10-14(20)7-8-17(16)21/h3-8,10,15,18,23H,2,9,11,22H2,1H3/t15?,18-/m1/s1. The molecule has 0 aromatic heterocycles. The van der Waals surface area contributed by atoms with Gasteiger partial charge in [-0.25, -0.2) is 4.79 Å². The molecular formula is C19H21Cl2NO3. The van der Waals surface area contributed by atoms with Gasteiger partial charge >= 0.3 is 5.97 Å². The molecule has 4 nitrogen and oxygen atoms in total. The average molecular weight is 382 g/mol. The third-order valence-electron chi connectivity index (χ3n) is 3.78. The van der Waals surface area contributed by atoms with E-state index >= 15 is 0 Å². The second kappa shape index (κ2) is 9.20. The second-order valence-electron chi connectivity index (χ2n) is 5.79. The van der Waals surface area contributed by atoms with E-state index < -0.39 is 12.1 Å². The normalized spacial score (nSPS) is 13.3. The lowest BCUT2D eigenvalue weighted by Crippen LogP contribution is -2.33. The van der Waals surface area contributed by atoms with E-state index in [9.17, 15) is 9.90 Å². The molecule has 25 heavy (non-hydrogen) atoms. The molecule has 0 saturated heterocycles. The molecular weight excluding hydrogens is 361 g/mol. The van der Waals surface area contributed by atoms with Crippen molar-refractivity contribution in [3.63, 3.8) is 0 Å². The van der Waals surface area contributed by atoms with Gasteiger partial charge in [0.25, 0.3) is 0 Å². The Morgan fingerprint density at radius 3 is 2.52 bits per heavy atom. The number of ether oxygens (including phenoxy) is 1. The van der Waals surface area contributed by atoms with Crippen LogP contribution < -0.4 is 5.73 Å². The summed E-state index contributed by atoms with van der Waals surface area (Å²) < 4.78 is 4.77. The molecule has 0 bridgehead atoms. The van der Waals surface area contributed by atoms with Gasteiger partial charge < -0.3 is 15.6 Å². The van der Waals surface area contributed by atoms with Crippen LogP contribution in [0.4, 0.5) is 0 Å². The number of aliphatic hydroxyl groups is 1. The van der Waals surface area contributed by atoms with Crippen LogP contribution in [0.25, 0.3) is 11.1 Å². The van der Waals surface area contributed by atoms with E-state index in [4.69, 9.17) is 33.7 Å². The van der Waals surface area contributed by atoms with E-state index in [0.29, 0.717) is 16.5 Å². The molecule has 0 aliphatic rings. The Hall–Kier alpha value is -1.59. The third-order valence-corrected chi connectivity index (χ3v) is 4.34. The lowest BCUT2D eigenvalue weighted by molar-refractivity contribution is -0.153. The molecule has 0 spiro atoms. The van der Waals surface area contributed by atoms with Gasteiger partial charge in [-0.1, -0.05) is 47.5 Å². The van der Waals surface area contributed by atoms with Crippen LogP contribution in [0.3, 0.4) is 0 Å². The number of carbonyl (C=O) groups is 1. The maximum atomic E-state index is 11.4. The highest BCUT2D eigenvalue weighted by molar-refractivity contribution is 6.35. The molecule has 134 valence electrons. The molecule has 0 heterocycles. The number of halogens is 2. The van der Waals surface area contributed by atoms with Crippen LogP contribution in [-0.2, 0) is 16.0 Å². The molecule has 3 N–H and O–H groups in total. The summed E-state index contributed by atoms with van der Waals surface area (Å²) in [7, 11) is 0. The van der Waals surface area contributed by atoms with Crippen molar-refractivity contribution in [1.82, 2.24) is 0 Å². The minimum Gasteiger partial charge on any atom is -0.464 e. The summed E-state index contributed by atoms with van der Waals surface area (Å²) in [5, 5.41) is 11.0. The smallest absolute Gasteiger partial charge is 0.335 e. The second-order valence-corrected chi connectivity index (χ2v) is 6.63. The Balaban J connectivity index is 2.00. The number of nitrogens with two attached hydrogens (primary N) is 1. The summed E-state index contributed by atoms with van der Waals surface area (Å²) in [6, 6.07) is 12.8. The first-order valence-corrected chi connectivity index (χ1v) is 8.81. The van der Waals surface area contributed by atoms with Gasteiger partial charge in [0, 0.05) is 21.7 Å². The number of carbonyl (C=O) groups excluding carboxylic acids is 1. The van der Waals surface area contributed by atoms with Crippen molar-refractivity contribution >= 4 is 29.2 Å². The zero-order chi connectivity index (χ0) is 18.4. The molecule has 6 heteroatoms. The maximum absolute atomic E-state index is 11.4. The lowest BCUT2D eigenvalue weighted by atomic mass is 9.98. The molecule has 2 rings (SSSR count). The molecule has 2 aromatic rings. The van der Waals surface area contributed by atoms with Crippen molar-refractivity contribution in [2.24, 2.45) is 5.73 Å². The highest BCUT2D eigenvalue weighted by atomic mass is 35.5. The molecule has 0 aliphatic carbocycles. The van der Waals surface area contributed by atoms with Gasteiger partial charge in [-0.15, -0.1) is 0 Å². The average Bonchev–Trinajstić information content (AvgIpc) is 2.58. The van der Waals surface area contributed by atoms with Crippen molar-refractivity contribution in [3.8, 4) is 11.1 Å². The van der Waals surface area contributed by atoms with E-state index in [-0.39, 0.29) is 19.1 Å². The Labute approximate surface area is 157 Å². The molecule has 0 saturated carbocycles.